The Morgan fingerprint density at radius 3 is 1.55 bits per heavy atom. The van der Waals surface area contributed by atoms with Gasteiger partial charge in [-0.2, -0.15) is 0 Å². The molecule has 0 bridgehead atoms. The summed E-state index contributed by atoms with van der Waals surface area (Å²) in [7, 11) is 0. The van der Waals surface area contributed by atoms with E-state index in [1.54, 1.807) is 0 Å². The Morgan fingerprint density at radius 1 is 0.727 bits per heavy atom. The molecule has 1 aliphatic rings. The van der Waals surface area contributed by atoms with Gasteiger partial charge in [-0.1, -0.05) is 36.4 Å². The molecule has 0 fully saturated rings. The maximum atomic E-state index is 7.68. The number of anilines is 2. The molecule has 3 rings (SSSR count). The standard InChI is InChI=1S/C19H19N3/c20-16-7-1-13(2-8-16)19(14-3-9-17(21)10-4-14)15-5-11-18(22)12-6-15/h1-13,19-20H,21-22H2. The van der Waals surface area contributed by atoms with Gasteiger partial charge in [-0.25, -0.2) is 0 Å². The minimum Gasteiger partial charge on any atom is -0.399 e. The summed E-state index contributed by atoms with van der Waals surface area (Å²) in [6.45, 7) is 0. The molecule has 3 nitrogen and oxygen atoms in total. The van der Waals surface area contributed by atoms with Crippen LogP contribution in [0.15, 0.2) is 72.8 Å². The van der Waals surface area contributed by atoms with E-state index in [-0.39, 0.29) is 11.8 Å². The zero-order chi connectivity index (χ0) is 15.5. The molecule has 0 heterocycles. The highest BCUT2D eigenvalue weighted by atomic mass is 14.5. The molecule has 0 amide bonds. The molecule has 0 aliphatic heterocycles. The van der Waals surface area contributed by atoms with E-state index in [0.717, 1.165) is 11.4 Å². The number of rotatable bonds is 3. The molecule has 3 heteroatoms. The van der Waals surface area contributed by atoms with Crippen LogP contribution in [0.5, 0.6) is 0 Å². The first-order chi connectivity index (χ1) is 10.6. The number of benzene rings is 2. The Bertz CT molecular complexity index is 663. The smallest absolute Gasteiger partial charge is 0.0533 e. The Morgan fingerprint density at radius 2 is 1.14 bits per heavy atom. The van der Waals surface area contributed by atoms with Crippen molar-refractivity contribution in [1.82, 2.24) is 0 Å². The van der Waals surface area contributed by atoms with Gasteiger partial charge in [0.05, 0.1) is 5.71 Å². The van der Waals surface area contributed by atoms with Crippen LogP contribution in [0.3, 0.4) is 0 Å². The molecule has 0 radical (unpaired) electrons. The molecule has 22 heavy (non-hydrogen) atoms. The molecule has 0 aromatic heterocycles. The summed E-state index contributed by atoms with van der Waals surface area (Å²) in [6.07, 6.45) is 7.87. The SMILES string of the molecule is N=C1C=CC(C(c2ccc(N)cc2)c2ccc(N)cc2)C=C1. The molecule has 2 aromatic rings. The lowest BCUT2D eigenvalue weighted by Crippen LogP contribution is -2.13. The van der Waals surface area contributed by atoms with E-state index in [9.17, 15) is 0 Å². The summed E-state index contributed by atoms with van der Waals surface area (Å²) in [5, 5.41) is 7.68. The predicted molar refractivity (Wildman–Crippen MR) is 93.0 cm³/mol. The first kappa shape index (κ1) is 14.1. The van der Waals surface area contributed by atoms with Crippen molar-refractivity contribution < 1.29 is 0 Å². The summed E-state index contributed by atoms with van der Waals surface area (Å²) >= 11 is 0. The summed E-state index contributed by atoms with van der Waals surface area (Å²) in [5.41, 5.74) is 16.1. The van der Waals surface area contributed by atoms with E-state index in [2.05, 4.69) is 36.4 Å². The minimum absolute atomic E-state index is 0.182. The second kappa shape index (κ2) is 5.90. The lowest BCUT2D eigenvalue weighted by Gasteiger charge is -2.25. The van der Waals surface area contributed by atoms with Gasteiger partial charge in [0.15, 0.2) is 0 Å². The third kappa shape index (κ3) is 2.93. The number of hydrogen-bond acceptors (Lipinski definition) is 3. The quantitative estimate of drug-likeness (QED) is 0.753. The van der Waals surface area contributed by atoms with Crippen molar-refractivity contribution in [3.8, 4) is 0 Å². The van der Waals surface area contributed by atoms with Crippen LogP contribution in [0.1, 0.15) is 17.0 Å². The van der Waals surface area contributed by atoms with Gasteiger partial charge in [-0.05, 0) is 47.5 Å². The molecular weight excluding hydrogens is 270 g/mol. The van der Waals surface area contributed by atoms with Crippen molar-refractivity contribution in [1.29, 1.82) is 5.41 Å². The van der Waals surface area contributed by atoms with Crippen LogP contribution < -0.4 is 11.5 Å². The van der Waals surface area contributed by atoms with Crippen LogP contribution in [0.4, 0.5) is 11.4 Å². The number of nitrogens with two attached hydrogens (primary N) is 2. The van der Waals surface area contributed by atoms with Crippen LogP contribution in [0, 0.1) is 11.3 Å². The van der Waals surface area contributed by atoms with Crippen molar-refractivity contribution in [2.24, 2.45) is 5.92 Å². The van der Waals surface area contributed by atoms with Gasteiger partial charge in [0.1, 0.15) is 0 Å². The number of allylic oxidation sites excluding steroid dienone is 4. The summed E-state index contributed by atoms with van der Waals surface area (Å²) < 4.78 is 0. The molecule has 0 saturated heterocycles. The fraction of sp³-hybridized carbons (Fsp3) is 0.105. The van der Waals surface area contributed by atoms with Crippen molar-refractivity contribution in [3.05, 3.63) is 84.0 Å². The largest absolute Gasteiger partial charge is 0.399 e. The molecule has 1 aliphatic carbocycles. The second-order valence-corrected chi connectivity index (χ2v) is 5.56. The predicted octanol–water partition coefficient (Wildman–Crippen LogP) is 3.74. The Balaban J connectivity index is 2.03. The third-order valence-corrected chi connectivity index (χ3v) is 3.97. The number of hydrogen-bond donors (Lipinski definition) is 3. The number of nitrogen functional groups attached to an aromatic ring is 2. The van der Waals surface area contributed by atoms with Gasteiger partial charge in [0.25, 0.3) is 0 Å². The molecular formula is C19H19N3. The molecule has 2 aromatic carbocycles. The van der Waals surface area contributed by atoms with E-state index in [1.807, 2.05) is 36.4 Å². The summed E-state index contributed by atoms with van der Waals surface area (Å²) in [6, 6.07) is 16.0. The van der Waals surface area contributed by atoms with Gasteiger partial charge < -0.3 is 16.9 Å². The van der Waals surface area contributed by atoms with E-state index < -0.39 is 0 Å². The van der Waals surface area contributed by atoms with Gasteiger partial charge in [-0.3, -0.25) is 0 Å². The fourth-order valence-corrected chi connectivity index (χ4v) is 2.82. The van der Waals surface area contributed by atoms with Crippen LogP contribution in [-0.2, 0) is 0 Å². The highest BCUT2D eigenvalue weighted by molar-refractivity contribution is 6.02. The van der Waals surface area contributed by atoms with E-state index in [4.69, 9.17) is 16.9 Å². The fourth-order valence-electron chi connectivity index (χ4n) is 2.82. The highest BCUT2D eigenvalue weighted by Gasteiger charge is 2.22. The summed E-state index contributed by atoms with van der Waals surface area (Å²) in [5.74, 6) is 0.392. The number of nitrogens with one attached hydrogen (secondary N) is 1. The van der Waals surface area contributed by atoms with Crippen molar-refractivity contribution in [2.45, 2.75) is 5.92 Å². The van der Waals surface area contributed by atoms with Crippen molar-refractivity contribution in [2.75, 3.05) is 11.5 Å². The van der Waals surface area contributed by atoms with E-state index in [1.165, 1.54) is 11.1 Å². The average molecular weight is 289 g/mol. The first-order valence-corrected chi connectivity index (χ1v) is 7.29. The van der Waals surface area contributed by atoms with Crippen LogP contribution >= 0.6 is 0 Å². The van der Waals surface area contributed by atoms with Crippen LogP contribution in [0.25, 0.3) is 0 Å². The Labute approximate surface area is 130 Å². The Kier molecular flexibility index (Phi) is 3.79. The lowest BCUT2D eigenvalue weighted by molar-refractivity contribution is 0.684. The zero-order valence-corrected chi connectivity index (χ0v) is 12.2. The minimum atomic E-state index is 0.182. The summed E-state index contributed by atoms with van der Waals surface area (Å²) in [4.78, 5) is 0. The topological polar surface area (TPSA) is 75.9 Å². The maximum Gasteiger partial charge on any atom is 0.0533 e. The molecule has 0 saturated carbocycles. The lowest BCUT2D eigenvalue weighted by atomic mass is 9.79. The van der Waals surface area contributed by atoms with Crippen molar-refractivity contribution in [3.63, 3.8) is 0 Å². The van der Waals surface area contributed by atoms with E-state index >= 15 is 0 Å². The molecule has 110 valence electrons. The first-order valence-electron chi connectivity index (χ1n) is 7.29. The molecule has 5 N–H and O–H groups in total. The van der Waals surface area contributed by atoms with Gasteiger partial charge in [0.2, 0.25) is 0 Å². The van der Waals surface area contributed by atoms with E-state index in [0.29, 0.717) is 5.71 Å². The third-order valence-electron chi connectivity index (χ3n) is 3.97. The zero-order valence-electron chi connectivity index (χ0n) is 12.2. The molecule has 0 unspecified atom stereocenters. The Hall–Kier alpha value is -2.81. The van der Waals surface area contributed by atoms with Crippen molar-refractivity contribution >= 4 is 17.1 Å². The maximum absolute atomic E-state index is 7.68. The van der Waals surface area contributed by atoms with Crippen LogP contribution in [-0.4, -0.2) is 5.71 Å². The molecule has 0 spiro atoms. The van der Waals surface area contributed by atoms with Gasteiger partial charge in [-0.15, -0.1) is 0 Å². The second-order valence-electron chi connectivity index (χ2n) is 5.56. The van der Waals surface area contributed by atoms with Crippen LogP contribution in [0.2, 0.25) is 0 Å². The highest BCUT2D eigenvalue weighted by Crippen LogP contribution is 2.35. The van der Waals surface area contributed by atoms with Gasteiger partial charge >= 0.3 is 0 Å². The van der Waals surface area contributed by atoms with Gasteiger partial charge in [0, 0.05) is 23.2 Å². The molecule has 0 atom stereocenters. The normalized spacial score (nSPS) is 17.1. The monoisotopic (exact) mass is 289 g/mol. The average Bonchev–Trinajstić information content (AvgIpc) is 2.53.